The van der Waals surface area contributed by atoms with Crippen LogP contribution in [-0.4, -0.2) is 26.2 Å². The maximum atomic E-state index is 3.40. The molecule has 1 heterocycles. The van der Waals surface area contributed by atoms with Crippen LogP contribution in [0.2, 0.25) is 0 Å². The highest BCUT2D eigenvalue weighted by atomic mass is 15.2. The monoisotopic (exact) mass is 266 g/mol. The normalized spacial score (nSPS) is 15.4. The summed E-state index contributed by atoms with van der Waals surface area (Å²) in [7, 11) is 0. The number of nitrogens with zero attached hydrogens (tertiary/aromatic N) is 1. The lowest BCUT2D eigenvalue weighted by molar-refractivity contribution is 0.589. The summed E-state index contributed by atoms with van der Waals surface area (Å²) in [5.74, 6) is 0. The molecule has 1 N–H and O–H groups in total. The third-order valence-corrected chi connectivity index (χ3v) is 3.88. The number of rotatable bonds is 2. The Morgan fingerprint density at radius 3 is 2.25 bits per heavy atom. The van der Waals surface area contributed by atoms with Crippen molar-refractivity contribution in [2.45, 2.75) is 13.8 Å². The molecule has 0 bridgehead atoms. The summed E-state index contributed by atoms with van der Waals surface area (Å²) in [6, 6.07) is 15.7. The molecule has 0 aromatic heterocycles. The van der Waals surface area contributed by atoms with Gasteiger partial charge in [-0.1, -0.05) is 41.5 Å². The summed E-state index contributed by atoms with van der Waals surface area (Å²) >= 11 is 0. The molecule has 1 aliphatic rings. The summed E-state index contributed by atoms with van der Waals surface area (Å²) in [5.41, 5.74) is 6.62. The van der Waals surface area contributed by atoms with Gasteiger partial charge in [0.05, 0.1) is 0 Å². The average Bonchev–Trinajstić information content (AvgIpc) is 2.47. The minimum absolute atomic E-state index is 1.08. The van der Waals surface area contributed by atoms with Crippen LogP contribution < -0.4 is 10.2 Å². The van der Waals surface area contributed by atoms with Gasteiger partial charge in [-0.3, -0.25) is 0 Å². The predicted octanol–water partition coefficient (Wildman–Crippen LogP) is 3.38. The molecular weight excluding hydrogens is 244 g/mol. The van der Waals surface area contributed by atoms with Gasteiger partial charge in [0.2, 0.25) is 0 Å². The zero-order valence-electron chi connectivity index (χ0n) is 12.3. The van der Waals surface area contributed by atoms with Crippen molar-refractivity contribution in [1.82, 2.24) is 5.32 Å². The molecule has 2 aromatic carbocycles. The topological polar surface area (TPSA) is 15.3 Å². The van der Waals surface area contributed by atoms with Crippen LogP contribution in [0.25, 0.3) is 11.1 Å². The number of piperazine rings is 1. The molecule has 0 spiro atoms. The first-order valence-electron chi connectivity index (χ1n) is 7.37. The Balaban J connectivity index is 1.93. The number of hydrogen-bond acceptors (Lipinski definition) is 2. The first-order chi connectivity index (χ1) is 9.72. The average molecular weight is 266 g/mol. The minimum Gasteiger partial charge on any atom is -0.369 e. The zero-order chi connectivity index (χ0) is 13.9. The molecule has 104 valence electrons. The van der Waals surface area contributed by atoms with Crippen molar-refractivity contribution in [3.63, 3.8) is 0 Å². The predicted molar refractivity (Wildman–Crippen MR) is 86.4 cm³/mol. The summed E-state index contributed by atoms with van der Waals surface area (Å²) in [5, 5.41) is 3.40. The third kappa shape index (κ3) is 2.86. The number of hydrogen-bond donors (Lipinski definition) is 1. The van der Waals surface area contributed by atoms with Crippen molar-refractivity contribution in [2.24, 2.45) is 0 Å². The van der Waals surface area contributed by atoms with E-state index in [1.807, 2.05) is 0 Å². The van der Waals surface area contributed by atoms with E-state index in [0.29, 0.717) is 0 Å². The van der Waals surface area contributed by atoms with Crippen molar-refractivity contribution >= 4 is 5.69 Å². The van der Waals surface area contributed by atoms with Crippen molar-refractivity contribution in [3.05, 3.63) is 53.6 Å². The van der Waals surface area contributed by atoms with E-state index in [1.54, 1.807) is 0 Å². The number of anilines is 1. The molecule has 2 heteroatoms. The SMILES string of the molecule is Cc1cc(C)cc(-c2cccc(N3CCNCC3)c2)c1. The molecule has 1 aliphatic heterocycles. The lowest BCUT2D eigenvalue weighted by Gasteiger charge is -2.29. The molecule has 0 aliphatic carbocycles. The van der Waals surface area contributed by atoms with Crippen LogP contribution in [0, 0.1) is 13.8 Å². The standard InChI is InChI=1S/C18H22N2/c1-14-10-15(2)12-17(11-14)16-4-3-5-18(13-16)20-8-6-19-7-9-20/h3-5,10-13,19H,6-9H2,1-2H3. The fourth-order valence-electron chi connectivity index (χ4n) is 2.95. The van der Waals surface area contributed by atoms with E-state index in [4.69, 9.17) is 0 Å². The second-order valence-corrected chi connectivity index (χ2v) is 5.66. The lowest BCUT2D eigenvalue weighted by Crippen LogP contribution is -2.43. The van der Waals surface area contributed by atoms with E-state index in [1.165, 1.54) is 27.9 Å². The fraction of sp³-hybridized carbons (Fsp3) is 0.333. The van der Waals surface area contributed by atoms with Crippen LogP contribution in [0.15, 0.2) is 42.5 Å². The van der Waals surface area contributed by atoms with Gasteiger partial charge in [-0.25, -0.2) is 0 Å². The van der Waals surface area contributed by atoms with Gasteiger partial charge in [0.25, 0.3) is 0 Å². The quantitative estimate of drug-likeness (QED) is 0.896. The van der Waals surface area contributed by atoms with E-state index in [2.05, 4.69) is 66.5 Å². The maximum Gasteiger partial charge on any atom is 0.0373 e. The first kappa shape index (κ1) is 13.2. The highest BCUT2D eigenvalue weighted by molar-refractivity contribution is 5.69. The number of aryl methyl sites for hydroxylation is 2. The lowest BCUT2D eigenvalue weighted by atomic mass is 10.00. The summed E-state index contributed by atoms with van der Waals surface area (Å²) in [6.07, 6.45) is 0. The van der Waals surface area contributed by atoms with Crippen LogP contribution in [0.5, 0.6) is 0 Å². The van der Waals surface area contributed by atoms with Crippen LogP contribution >= 0.6 is 0 Å². The summed E-state index contributed by atoms with van der Waals surface area (Å²) < 4.78 is 0. The zero-order valence-corrected chi connectivity index (χ0v) is 12.3. The highest BCUT2D eigenvalue weighted by Crippen LogP contribution is 2.26. The molecule has 0 radical (unpaired) electrons. The van der Waals surface area contributed by atoms with E-state index >= 15 is 0 Å². The molecule has 0 amide bonds. The minimum atomic E-state index is 1.08. The van der Waals surface area contributed by atoms with E-state index < -0.39 is 0 Å². The highest BCUT2D eigenvalue weighted by Gasteiger charge is 2.11. The van der Waals surface area contributed by atoms with Gasteiger partial charge in [-0.2, -0.15) is 0 Å². The summed E-state index contributed by atoms with van der Waals surface area (Å²) in [6.45, 7) is 8.67. The molecule has 2 nitrogen and oxygen atoms in total. The van der Waals surface area contributed by atoms with Crippen LogP contribution in [0.4, 0.5) is 5.69 Å². The van der Waals surface area contributed by atoms with Gasteiger partial charge in [0.1, 0.15) is 0 Å². The number of nitrogens with one attached hydrogen (secondary N) is 1. The van der Waals surface area contributed by atoms with Crippen LogP contribution in [0.3, 0.4) is 0 Å². The Labute approximate surface area is 121 Å². The molecule has 0 saturated carbocycles. The molecular formula is C18H22N2. The third-order valence-electron chi connectivity index (χ3n) is 3.88. The Bertz CT molecular complexity index is 578. The number of benzene rings is 2. The van der Waals surface area contributed by atoms with Crippen LogP contribution in [-0.2, 0) is 0 Å². The first-order valence-corrected chi connectivity index (χ1v) is 7.37. The largest absolute Gasteiger partial charge is 0.369 e. The smallest absolute Gasteiger partial charge is 0.0373 e. The molecule has 3 rings (SSSR count). The molecule has 20 heavy (non-hydrogen) atoms. The molecule has 0 unspecified atom stereocenters. The van der Waals surface area contributed by atoms with Gasteiger partial charge in [0, 0.05) is 31.9 Å². The molecule has 1 saturated heterocycles. The van der Waals surface area contributed by atoms with Crippen molar-refractivity contribution in [3.8, 4) is 11.1 Å². The van der Waals surface area contributed by atoms with Gasteiger partial charge in [-0.05, 0) is 37.1 Å². The van der Waals surface area contributed by atoms with Crippen molar-refractivity contribution in [1.29, 1.82) is 0 Å². The molecule has 2 aromatic rings. The van der Waals surface area contributed by atoms with Gasteiger partial charge >= 0.3 is 0 Å². The second-order valence-electron chi connectivity index (χ2n) is 5.66. The van der Waals surface area contributed by atoms with Crippen molar-refractivity contribution < 1.29 is 0 Å². The van der Waals surface area contributed by atoms with Gasteiger partial charge in [0.15, 0.2) is 0 Å². The van der Waals surface area contributed by atoms with Crippen molar-refractivity contribution in [2.75, 3.05) is 31.1 Å². The molecule has 0 atom stereocenters. The maximum absolute atomic E-state index is 3.40. The van der Waals surface area contributed by atoms with Gasteiger partial charge < -0.3 is 10.2 Å². The second kappa shape index (κ2) is 5.68. The Kier molecular flexibility index (Phi) is 3.75. The van der Waals surface area contributed by atoms with E-state index in [-0.39, 0.29) is 0 Å². The van der Waals surface area contributed by atoms with Crippen LogP contribution in [0.1, 0.15) is 11.1 Å². The Morgan fingerprint density at radius 1 is 0.850 bits per heavy atom. The summed E-state index contributed by atoms with van der Waals surface area (Å²) in [4.78, 5) is 2.46. The van der Waals surface area contributed by atoms with E-state index in [0.717, 1.165) is 26.2 Å². The Hall–Kier alpha value is -1.80. The Morgan fingerprint density at radius 2 is 1.55 bits per heavy atom. The fourth-order valence-corrected chi connectivity index (χ4v) is 2.95. The van der Waals surface area contributed by atoms with E-state index in [9.17, 15) is 0 Å². The molecule has 1 fully saturated rings. The van der Waals surface area contributed by atoms with Gasteiger partial charge in [-0.15, -0.1) is 0 Å².